The van der Waals surface area contributed by atoms with Gasteiger partial charge in [0.1, 0.15) is 16.8 Å². The van der Waals surface area contributed by atoms with Crippen LogP contribution in [0.1, 0.15) is 23.8 Å². The standard InChI is InChI=1S/C14H12BrFN2S/c1-2-3-10-13(18)12(7-17)19-14(10)9-5-4-8(16)6-11(9)15/h4-6H,2-3,18H2,1H3. The normalized spacial score (nSPS) is 10.4. The van der Waals surface area contributed by atoms with Crippen molar-refractivity contribution in [2.45, 2.75) is 19.8 Å². The Morgan fingerprint density at radius 2 is 2.21 bits per heavy atom. The van der Waals surface area contributed by atoms with Crippen LogP contribution in [0.4, 0.5) is 10.1 Å². The summed E-state index contributed by atoms with van der Waals surface area (Å²) in [6.45, 7) is 2.06. The third-order valence-corrected chi connectivity index (χ3v) is 4.67. The van der Waals surface area contributed by atoms with Crippen LogP contribution < -0.4 is 5.73 Å². The van der Waals surface area contributed by atoms with Crippen molar-refractivity contribution >= 4 is 33.0 Å². The number of benzene rings is 1. The number of anilines is 1. The molecule has 98 valence electrons. The molecule has 0 radical (unpaired) electrons. The summed E-state index contributed by atoms with van der Waals surface area (Å²) in [5.74, 6) is -0.294. The predicted octanol–water partition coefficient (Wildman–Crippen LogP) is 4.72. The molecule has 0 saturated heterocycles. The number of rotatable bonds is 3. The van der Waals surface area contributed by atoms with E-state index in [1.807, 2.05) is 0 Å². The highest BCUT2D eigenvalue weighted by atomic mass is 79.9. The summed E-state index contributed by atoms with van der Waals surface area (Å²) in [7, 11) is 0. The largest absolute Gasteiger partial charge is 0.397 e. The molecule has 5 heteroatoms. The monoisotopic (exact) mass is 338 g/mol. The van der Waals surface area contributed by atoms with Crippen molar-refractivity contribution in [3.05, 3.63) is 38.9 Å². The first-order chi connectivity index (χ1) is 9.08. The van der Waals surface area contributed by atoms with Crippen molar-refractivity contribution in [1.82, 2.24) is 0 Å². The van der Waals surface area contributed by atoms with E-state index in [9.17, 15) is 4.39 Å². The molecule has 0 fully saturated rings. The number of hydrogen-bond acceptors (Lipinski definition) is 3. The Hall–Kier alpha value is -1.38. The van der Waals surface area contributed by atoms with Crippen molar-refractivity contribution in [2.24, 2.45) is 0 Å². The van der Waals surface area contributed by atoms with E-state index in [1.165, 1.54) is 23.5 Å². The fourth-order valence-electron chi connectivity index (χ4n) is 1.95. The fourth-order valence-corrected chi connectivity index (χ4v) is 3.74. The van der Waals surface area contributed by atoms with Crippen LogP contribution in [0.15, 0.2) is 22.7 Å². The highest BCUT2D eigenvalue weighted by molar-refractivity contribution is 9.10. The van der Waals surface area contributed by atoms with Gasteiger partial charge < -0.3 is 5.73 Å². The molecule has 2 aromatic rings. The number of nitrogens with two attached hydrogens (primary N) is 1. The molecule has 0 aliphatic rings. The summed E-state index contributed by atoms with van der Waals surface area (Å²) in [6.07, 6.45) is 1.75. The third kappa shape index (κ3) is 2.65. The minimum atomic E-state index is -0.294. The van der Waals surface area contributed by atoms with Crippen molar-refractivity contribution in [3.63, 3.8) is 0 Å². The lowest BCUT2D eigenvalue weighted by atomic mass is 10.0. The SMILES string of the molecule is CCCc1c(-c2ccc(F)cc2Br)sc(C#N)c1N. The molecule has 0 aliphatic heterocycles. The Bertz CT molecular complexity index is 658. The number of thiophene rings is 1. The lowest BCUT2D eigenvalue weighted by Gasteiger charge is -2.06. The predicted molar refractivity (Wildman–Crippen MR) is 80.5 cm³/mol. The Morgan fingerprint density at radius 3 is 2.79 bits per heavy atom. The van der Waals surface area contributed by atoms with Gasteiger partial charge in [-0.25, -0.2) is 4.39 Å². The van der Waals surface area contributed by atoms with Gasteiger partial charge in [-0.1, -0.05) is 29.3 Å². The first-order valence-corrected chi connectivity index (χ1v) is 7.46. The van der Waals surface area contributed by atoms with E-state index in [1.54, 1.807) is 6.07 Å². The molecule has 0 unspecified atom stereocenters. The maximum Gasteiger partial charge on any atom is 0.128 e. The van der Waals surface area contributed by atoms with E-state index in [0.29, 0.717) is 15.0 Å². The van der Waals surface area contributed by atoms with Crippen LogP contribution in [0.2, 0.25) is 0 Å². The van der Waals surface area contributed by atoms with E-state index in [-0.39, 0.29) is 5.82 Å². The van der Waals surface area contributed by atoms with Crippen LogP contribution in [-0.2, 0) is 6.42 Å². The maximum absolute atomic E-state index is 13.2. The molecule has 1 aromatic carbocycles. The van der Waals surface area contributed by atoms with E-state index in [4.69, 9.17) is 11.0 Å². The minimum absolute atomic E-state index is 0.294. The van der Waals surface area contributed by atoms with Gasteiger partial charge in [0, 0.05) is 14.9 Å². The molecule has 1 aromatic heterocycles. The van der Waals surface area contributed by atoms with Crippen LogP contribution in [0.5, 0.6) is 0 Å². The van der Waals surface area contributed by atoms with Crippen LogP contribution >= 0.6 is 27.3 Å². The van der Waals surface area contributed by atoms with Gasteiger partial charge in [0.2, 0.25) is 0 Å². The topological polar surface area (TPSA) is 49.8 Å². The second kappa shape index (κ2) is 5.72. The zero-order valence-corrected chi connectivity index (χ0v) is 12.7. The summed E-state index contributed by atoms with van der Waals surface area (Å²) < 4.78 is 13.8. The highest BCUT2D eigenvalue weighted by Gasteiger charge is 2.18. The Kier molecular flexibility index (Phi) is 4.23. The zero-order chi connectivity index (χ0) is 14.0. The first-order valence-electron chi connectivity index (χ1n) is 5.85. The summed E-state index contributed by atoms with van der Waals surface area (Å²) in [6, 6.07) is 6.67. The first kappa shape index (κ1) is 14.0. The minimum Gasteiger partial charge on any atom is -0.397 e. The molecule has 0 bridgehead atoms. The lowest BCUT2D eigenvalue weighted by molar-refractivity contribution is 0.627. The fraction of sp³-hybridized carbons (Fsp3) is 0.214. The molecule has 0 amide bonds. The number of halogens is 2. The summed E-state index contributed by atoms with van der Waals surface area (Å²) in [5, 5.41) is 9.09. The maximum atomic E-state index is 13.2. The highest BCUT2D eigenvalue weighted by Crippen LogP contribution is 2.41. The number of nitrogens with zero attached hydrogens (tertiary/aromatic N) is 1. The van der Waals surface area contributed by atoms with Crippen molar-refractivity contribution in [3.8, 4) is 16.5 Å². The molecule has 2 rings (SSSR count). The third-order valence-electron chi connectivity index (χ3n) is 2.83. The van der Waals surface area contributed by atoms with Gasteiger partial charge in [-0.05, 0) is 30.2 Å². The van der Waals surface area contributed by atoms with Gasteiger partial charge in [0.05, 0.1) is 5.69 Å². The van der Waals surface area contributed by atoms with Gasteiger partial charge in [-0.3, -0.25) is 0 Å². The van der Waals surface area contributed by atoms with Crippen LogP contribution in [0, 0.1) is 17.1 Å². The summed E-state index contributed by atoms with van der Waals surface area (Å²) >= 11 is 4.73. The molecule has 0 aliphatic carbocycles. The lowest BCUT2D eigenvalue weighted by Crippen LogP contribution is -1.93. The van der Waals surface area contributed by atoms with Gasteiger partial charge in [0.25, 0.3) is 0 Å². The van der Waals surface area contributed by atoms with Crippen LogP contribution in [0.3, 0.4) is 0 Å². The molecule has 0 spiro atoms. The van der Waals surface area contributed by atoms with E-state index in [2.05, 4.69) is 28.9 Å². The van der Waals surface area contributed by atoms with Gasteiger partial charge in [-0.15, -0.1) is 11.3 Å². The molecule has 0 saturated carbocycles. The van der Waals surface area contributed by atoms with E-state index >= 15 is 0 Å². The van der Waals surface area contributed by atoms with Gasteiger partial charge in [0.15, 0.2) is 0 Å². The molecule has 2 nitrogen and oxygen atoms in total. The van der Waals surface area contributed by atoms with Gasteiger partial charge >= 0.3 is 0 Å². The second-order valence-corrected chi connectivity index (χ2v) is 6.01. The van der Waals surface area contributed by atoms with Crippen LogP contribution in [0.25, 0.3) is 10.4 Å². The Balaban J connectivity index is 2.64. The molecular weight excluding hydrogens is 327 g/mol. The van der Waals surface area contributed by atoms with Crippen molar-refractivity contribution < 1.29 is 4.39 Å². The van der Waals surface area contributed by atoms with E-state index in [0.717, 1.165) is 28.8 Å². The smallest absolute Gasteiger partial charge is 0.128 e. The molecule has 0 atom stereocenters. The Morgan fingerprint density at radius 1 is 1.47 bits per heavy atom. The molecule has 1 heterocycles. The molecule has 2 N–H and O–H groups in total. The number of hydrogen-bond donors (Lipinski definition) is 1. The van der Waals surface area contributed by atoms with Crippen LogP contribution in [-0.4, -0.2) is 0 Å². The summed E-state index contributed by atoms with van der Waals surface area (Å²) in [5.41, 5.74) is 8.43. The average Bonchev–Trinajstić information content (AvgIpc) is 2.68. The number of nitrogen functional groups attached to an aromatic ring is 1. The summed E-state index contributed by atoms with van der Waals surface area (Å²) in [4.78, 5) is 1.47. The second-order valence-electron chi connectivity index (χ2n) is 4.14. The van der Waals surface area contributed by atoms with Gasteiger partial charge in [-0.2, -0.15) is 5.26 Å². The van der Waals surface area contributed by atoms with Crippen molar-refractivity contribution in [1.29, 1.82) is 5.26 Å². The zero-order valence-electron chi connectivity index (χ0n) is 10.3. The van der Waals surface area contributed by atoms with E-state index < -0.39 is 0 Å². The molecule has 19 heavy (non-hydrogen) atoms. The quantitative estimate of drug-likeness (QED) is 0.879. The Labute approximate surface area is 123 Å². The van der Waals surface area contributed by atoms with Crippen molar-refractivity contribution in [2.75, 3.05) is 5.73 Å². The molecular formula is C14H12BrFN2S. The average molecular weight is 339 g/mol. The number of nitriles is 1.